The summed E-state index contributed by atoms with van der Waals surface area (Å²) in [6.45, 7) is 9.58. The summed E-state index contributed by atoms with van der Waals surface area (Å²) in [4.78, 5) is 0. The van der Waals surface area contributed by atoms with Crippen molar-refractivity contribution in [2.45, 2.75) is 72.0 Å². The number of rotatable bonds is 7. The topological polar surface area (TPSA) is 40.5 Å². The standard InChI is InChI=1S/C15H28O2/c1-6-12(2)8-7-9-13(3)10-11-14(16)15(4,5)17/h6,9,14,16-17H,7-8,10-11H2,1-5H3/b12-6+,13-9-. The van der Waals surface area contributed by atoms with Gasteiger partial charge in [-0.1, -0.05) is 23.3 Å². The maximum Gasteiger partial charge on any atom is 0.0849 e. The van der Waals surface area contributed by atoms with Gasteiger partial charge in [0.15, 0.2) is 0 Å². The van der Waals surface area contributed by atoms with Crippen molar-refractivity contribution >= 4 is 0 Å². The molecule has 2 nitrogen and oxygen atoms in total. The second-order valence-corrected chi connectivity index (χ2v) is 5.43. The average molecular weight is 240 g/mol. The highest BCUT2D eigenvalue weighted by Gasteiger charge is 2.23. The Labute approximate surface area is 106 Å². The first kappa shape index (κ1) is 16.4. The fraction of sp³-hybridized carbons (Fsp3) is 0.733. The first-order valence-electron chi connectivity index (χ1n) is 6.45. The Hall–Kier alpha value is -0.600. The fourth-order valence-electron chi connectivity index (χ4n) is 1.51. The lowest BCUT2D eigenvalue weighted by atomic mass is 9.95. The zero-order valence-electron chi connectivity index (χ0n) is 12.0. The molecule has 100 valence electrons. The smallest absolute Gasteiger partial charge is 0.0849 e. The normalized spacial score (nSPS) is 16.2. The third-order valence-electron chi connectivity index (χ3n) is 3.15. The molecule has 2 heteroatoms. The van der Waals surface area contributed by atoms with Gasteiger partial charge in [0.05, 0.1) is 11.7 Å². The lowest BCUT2D eigenvalue weighted by molar-refractivity contribution is -0.0509. The van der Waals surface area contributed by atoms with Gasteiger partial charge in [-0.3, -0.25) is 0 Å². The van der Waals surface area contributed by atoms with E-state index < -0.39 is 11.7 Å². The molecule has 0 saturated carbocycles. The molecule has 0 aromatic carbocycles. The molecule has 1 atom stereocenters. The molecule has 0 fully saturated rings. The highest BCUT2D eigenvalue weighted by atomic mass is 16.3. The van der Waals surface area contributed by atoms with Crippen molar-refractivity contribution < 1.29 is 10.2 Å². The van der Waals surface area contributed by atoms with Crippen molar-refractivity contribution in [3.63, 3.8) is 0 Å². The van der Waals surface area contributed by atoms with Gasteiger partial charge in [0.2, 0.25) is 0 Å². The van der Waals surface area contributed by atoms with Crippen molar-refractivity contribution in [2.24, 2.45) is 0 Å². The molecule has 1 unspecified atom stereocenters. The van der Waals surface area contributed by atoms with Crippen LogP contribution >= 0.6 is 0 Å². The zero-order valence-corrected chi connectivity index (χ0v) is 12.0. The summed E-state index contributed by atoms with van der Waals surface area (Å²) in [5, 5.41) is 19.3. The largest absolute Gasteiger partial charge is 0.390 e. The molecule has 0 saturated heterocycles. The van der Waals surface area contributed by atoms with E-state index in [-0.39, 0.29) is 0 Å². The van der Waals surface area contributed by atoms with Gasteiger partial charge in [0.1, 0.15) is 0 Å². The Morgan fingerprint density at radius 2 is 1.76 bits per heavy atom. The van der Waals surface area contributed by atoms with Crippen LogP contribution in [-0.2, 0) is 0 Å². The fourth-order valence-corrected chi connectivity index (χ4v) is 1.51. The summed E-state index contributed by atoms with van der Waals surface area (Å²) in [6, 6.07) is 0. The number of aliphatic hydroxyl groups excluding tert-OH is 1. The lowest BCUT2D eigenvalue weighted by Gasteiger charge is -2.24. The van der Waals surface area contributed by atoms with Gasteiger partial charge in [-0.05, 0) is 60.3 Å². The van der Waals surface area contributed by atoms with Crippen LogP contribution in [-0.4, -0.2) is 21.9 Å². The Balaban J connectivity index is 3.94. The van der Waals surface area contributed by atoms with Crippen LogP contribution in [0.1, 0.15) is 60.3 Å². The third-order valence-corrected chi connectivity index (χ3v) is 3.15. The molecular weight excluding hydrogens is 212 g/mol. The SMILES string of the molecule is C/C=C(\C)CC/C=C(/C)CCC(O)C(C)(C)O. The minimum atomic E-state index is -0.998. The van der Waals surface area contributed by atoms with E-state index in [4.69, 9.17) is 0 Å². The van der Waals surface area contributed by atoms with E-state index in [1.807, 2.05) is 0 Å². The summed E-state index contributed by atoms with van der Waals surface area (Å²) in [5.41, 5.74) is 1.70. The third kappa shape index (κ3) is 8.17. The van der Waals surface area contributed by atoms with Crippen LogP contribution in [0.4, 0.5) is 0 Å². The molecule has 0 aromatic heterocycles. The van der Waals surface area contributed by atoms with Crippen LogP contribution < -0.4 is 0 Å². The van der Waals surface area contributed by atoms with Crippen LogP contribution in [0.15, 0.2) is 23.3 Å². The zero-order chi connectivity index (χ0) is 13.5. The van der Waals surface area contributed by atoms with Crippen LogP contribution in [0.2, 0.25) is 0 Å². The van der Waals surface area contributed by atoms with Crippen LogP contribution in [0, 0.1) is 0 Å². The van der Waals surface area contributed by atoms with Crippen LogP contribution in [0.3, 0.4) is 0 Å². The maximum atomic E-state index is 9.70. The van der Waals surface area contributed by atoms with Crippen molar-refractivity contribution in [3.8, 4) is 0 Å². The highest BCUT2D eigenvalue weighted by Crippen LogP contribution is 2.17. The van der Waals surface area contributed by atoms with Gasteiger partial charge in [0.25, 0.3) is 0 Å². The molecule has 17 heavy (non-hydrogen) atoms. The lowest BCUT2D eigenvalue weighted by Crippen LogP contribution is -2.35. The van der Waals surface area contributed by atoms with Crippen LogP contribution in [0.25, 0.3) is 0 Å². The van der Waals surface area contributed by atoms with Crippen molar-refractivity contribution in [1.29, 1.82) is 0 Å². The maximum absolute atomic E-state index is 9.70. The quantitative estimate of drug-likeness (QED) is 0.668. The van der Waals surface area contributed by atoms with Gasteiger partial charge >= 0.3 is 0 Å². The Morgan fingerprint density at radius 3 is 2.24 bits per heavy atom. The highest BCUT2D eigenvalue weighted by molar-refractivity contribution is 5.03. The second-order valence-electron chi connectivity index (χ2n) is 5.43. The molecule has 0 aliphatic carbocycles. The average Bonchev–Trinajstić information content (AvgIpc) is 2.24. The van der Waals surface area contributed by atoms with Crippen molar-refractivity contribution in [1.82, 2.24) is 0 Å². The molecular formula is C15H28O2. The van der Waals surface area contributed by atoms with E-state index in [0.717, 1.165) is 19.3 Å². The number of allylic oxidation sites excluding steroid dienone is 4. The van der Waals surface area contributed by atoms with Gasteiger partial charge in [0, 0.05) is 0 Å². The predicted octanol–water partition coefficient (Wildman–Crippen LogP) is 3.59. The van der Waals surface area contributed by atoms with Gasteiger partial charge in [-0.15, -0.1) is 0 Å². The second kappa shape index (κ2) is 7.67. The van der Waals surface area contributed by atoms with Gasteiger partial charge in [-0.25, -0.2) is 0 Å². The molecule has 0 spiro atoms. The van der Waals surface area contributed by atoms with E-state index in [9.17, 15) is 10.2 Å². The molecule has 0 bridgehead atoms. The van der Waals surface area contributed by atoms with Crippen LogP contribution in [0.5, 0.6) is 0 Å². The predicted molar refractivity (Wildman–Crippen MR) is 74.0 cm³/mol. The Bertz CT molecular complexity index is 269. The Kier molecular flexibility index (Phi) is 7.40. The first-order valence-corrected chi connectivity index (χ1v) is 6.45. The molecule has 0 aliphatic heterocycles. The van der Waals surface area contributed by atoms with E-state index in [1.165, 1.54) is 11.1 Å². The number of hydrogen-bond donors (Lipinski definition) is 2. The Morgan fingerprint density at radius 1 is 1.18 bits per heavy atom. The van der Waals surface area contributed by atoms with Crippen molar-refractivity contribution in [2.75, 3.05) is 0 Å². The minimum absolute atomic E-state index is 0.619. The molecule has 0 aromatic rings. The number of aliphatic hydroxyl groups is 2. The summed E-state index contributed by atoms with van der Waals surface area (Å²) in [5.74, 6) is 0. The molecule has 0 amide bonds. The molecule has 0 heterocycles. The van der Waals surface area contributed by atoms with E-state index >= 15 is 0 Å². The van der Waals surface area contributed by atoms with E-state index in [0.29, 0.717) is 6.42 Å². The van der Waals surface area contributed by atoms with Gasteiger partial charge in [-0.2, -0.15) is 0 Å². The van der Waals surface area contributed by atoms with E-state index in [1.54, 1.807) is 13.8 Å². The summed E-state index contributed by atoms with van der Waals surface area (Å²) < 4.78 is 0. The molecule has 0 aliphatic rings. The molecule has 0 rings (SSSR count). The van der Waals surface area contributed by atoms with E-state index in [2.05, 4.69) is 32.9 Å². The molecule has 0 radical (unpaired) electrons. The van der Waals surface area contributed by atoms with Gasteiger partial charge < -0.3 is 10.2 Å². The minimum Gasteiger partial charge on any atom is -0.390 e. The van der Waals surface area contributed by atoms with Crippen molar-refractivity contribution in [3.05, 3.63) is 23.3 Å². The summed E-state index contributed by atoms with van der Waals surface area (Å²) >= 11 is 0. The first-order chi connectivity index (χ1) is 7.77. The summed E-state index contributed by atoms with van der Waals surface area (Å²) in [7, 11) is 0. The molecule has 2 N–H and O–H groups in total. The monoisotopic (exact) mass is 240 g/mol. The number of hydrogen-bond acceptors (Lipinski definition) is 2. The summed E-state index contributed by atoms with van der Waals surface area (Å²) in [6.07, 6.45) is 7.34.